The van der Waals surface area contributed by atoms with Gasteiger partial charge in [0, 0.05) is 52.6 Å². The smallest absolute Gasteiger partial charge is 0.266 e. The highest BCUT2D eigenvalue weighted by atomic mass is 35.5. The van der Waals surface area contributed by atoms with Crippen molar-refractivity contribution in [2.24, 2.45) is 4.99 Å². The molecular formula is C46H41ClFN7O10. The molecule has 5 aromatic rings. The summed E-state index contributed by atoms with van der Waals surface area (Å²) in [6.45, 7) is 1.27. The zero-order valence-electron chi connectivity index (χ0n) is 34.9. The molecule has 0 saturated carbocycles. The van der Waals surface area contributed by atoms with Crippen molar-refractivity contribution >= 4 is 58.5 Å². The summed E-state index contributed by atoms with van der Waals surface area (Å²) in [4.78, 5) is 77.6. The van der Waals surface area contributed by atoms with E-state index in [1.165, 1.54) is 31.4 Å². The van der Waals surface area contributed by atoms with E-state index in [4.69, 9.17) is 45.3 Å². The molecule has 5 amide bonds. The lowest BCUT2D eigenvalue weighted by Crippen LogP contribution is -2.54. The number of carbonyl (C=O) groups is 5. The Balaban J connectivity index is 0.747. The number of fused-ring (bicyclic) bond motifs is 4. The van der Waals surface area contributed by atoms with Crippen LogP contribution in [0.1, 0.15) is 50.2 Å². The maximum Gasteiger partial charge on any atom is 0.266 e. The molecule has 65 heavy (non-hydrogen) atoms. The van der Waals surface area contributed by atoms with Crippen LogP contribution in [-0.4, -0.2) is 109 Å². The Bertz CT molecular complexity index is 2720. The Morgan fingerprint density at radius 2 is 1.65 bits per heavy atom. The first-order valence-electron chi connectivity index (χ1n) is 20.5. The van der Waals surface area contributed by atoms with E-state index in [1.54, 1.807) is 36.5 Å². The van der Waals surface area contributed by atoms with Crippen LogP contribution in [0.4, 0.5) is 16.0 Å². The second-order valence-electron chi connectivity index (χ2n) is 14.7. The average Bonchev–Trinajstić information content (AvgIpc) is 3.45. The third-order valence-electron chi connectivity index (χ3n) is 10.5. The fourth-order valence-electron chi connectivity index (χ4n) is 7.50. The highest BCUT2D eigenvalue weighted by Gasteiger charge is 2.46. The molecule has 0 bridgehead atoms. The number of methoxy groups -OCH3 is 1. The Labute approximate surface area is 376 Å². The highest BCUT2D eigenvalue weighted by Crippen LogP contribution is 2.37. The van der Waals surface area contributed by atoms with Gasteiger partial charge in [-0.25, -0.2) is 14.4 Å². The number of nitrogens with one attached hydrogen (secondary N) is 3. The lowest BCUT2D eigenvalue weighted by molar-refractivity contribution is -0.136. The molecule has 17 nitrogen and oxygen atoms in total. The van der Waals surface area contributed by atoms with E-state index < -0.39 is 48.0 Å². The number of hydrogen-bond donors (Lipinski definition) is 3. The number of imide groups is 2. The fraction of sp³-hybridized carbons (Fsp3) is 0.261. The first kappa shape index (κ1) is 44.3. The molecule has 19 heteroatoms. The molecule has 8 rings (SSSR count). The molecule has 3 aliphatic heterocycles. The van der Waals surface area contributed by atoms with Crippen LogP contribution in [-0.2, 0) is 30.4 Å². The predicted molar refractivity (Wildman–Crippen MR) is 233 cm³/mol. The Morgan fingerprint density at radius 3 is 2.48 bits per heavy atom. The summed E-state index contributed by atoms with van der Waals surface area (Å²) in [6, 6.07) is 20.5. The Kier molecular flexibility index (Phi) is 13.7. The van der Waals surface area contributed by atoms with Crippen LogP contribution < -0.4 is 30.2 Å². The molecule has 4 aromatic carbocycles. The topological polar surface area (TPSA) is 209 Å². The molecule has 1 fully saturated rings. The van der Waals surface area contributed by atoms with Crippen molar-refractivity contribution in [1.82, 2.24) is 25.5 Å². The zero-order chi connectivity index (χ0) is 45.5. The number of carbonyl (C=O) groups excluding carboxylic acids is 5. The minimum absolute atomic E-state index is 0.00210. The fourth-order valence-corrected chi connectivity index (χ4v) is 7.67. The van der Waals surface area contributed by atoms with Crippen LogP contribution in [0.5, 0.6) is 17.2 Å². The van der Waals surface area contributed by atoms with Gasteiger partial charge in [-0.05, 0) is 55.0 Å². The van der Waals surface area contributed by atoms with Gasteiger partial charge < -0.3 is 34.3 Å². The van der Waals surface area contributed by atoms with Gasteiger partial charge in [-0.3, -0.25) is 39.2 Å². The van der Waals surface area contributed by atoms with Gasteiger partial charge in [0.05, 0.1) is 68.2 Å². The van der Waals surface area contributed by atoms with E-state index in [-0.39, 0.29) is 81.4 Å². The summed E-state index contributed by atoms with van der Waals surface area (Å²) in [5, 5.41) is 8.51. The second kappa shape index (κ2) is 20.0. The SMILES string of the molecule is COc1cccc(F)c1C1=NCc2cnc(Nc3cccc(OCCOCCOCCNC(=O)COc4cccc5c4C(=O)N(C4CCC(=O)NC4=O)C5=O)c3)nc2-c2ccc(Cl)cc21. The number of hydrogen-bond acceptors (Lipinski definition) is 14. The largest absolute Gasteiger partial charge is 0.496 e. The van der Waals surface area contributed by atoms with Crippen LogP contribution in [0.3, 0.4) is 0 Å². The predicted octanol–water partition coefficient (Wildman–Crippen LogP) is 5.05. The third kappa shape index (κ3) is 9.94. The van der Waals surface area contributed by atoms with Crippen molar-refractivity contribution in [2.75, 3.05) is 58.6 Å². The van der Waals surface area contributed by atoms with Crippen LogP contribution in [0.25, 0.3) is 11.3 Å². The molecule has 0 spiro atoms. The van der Waals surface area contributed by atoms with Crippen molar-refractivity contribution < 1.29 is 52.0 Å². The molecule has 334 valence electrons. The summed E-state index contributed by atoms with van der Waals surface area (Å²) >= 11 is 6.44. The van der Waals surface area contributed by atoms with E-state index in [9.17, 15) is 24.0 Å². The number of anilines is 2. The third-order valence-corrected chi connectivity index (χ3v) is 10.7. The maximum atomic E-state index is 15.3. The quantitative estimate of drug-likeness (QED) is 0.0778. The van der Waals surface area contributed by atoms with Gasteiger partial charge >= 0.3 is 0 Å². The Hall–Kier alpha value is -7.28. The van der Waals surface area contributed by atoms with E-state index >= 15 is 4.39 Å². The summed E-state index contributed by atoms with van der Waals surface area (Å²) < 4.78 is 43.4. The number of rotatable bonds is 18. The van der Waals surface area contributed by atoms with Crippen LogP contribution >= 0.6 is 11.6 Å². The minimum atomic E-state index is -1.12. The van der Waals surface area contributed by atoms with Crippen molar-refractivity contribution in [3.63, 3.8) is 0 Å². The lowest BCUT2D eigenvalue weighted by atomic mass is 9.94. The standard InChI is InChI=1S/C46H41ClFN7O10/c1-61-35-9-4-8-33(48)40(35)42-32-21-27(47)11-12-30(32)41-26(23-50-42)24-51-46(54-41)52-28-5-2-6-29(22-28)64-20-19-63-18-17-62-16-15-49-38(57)25-65-36-10-3-7-31-39(36)45(60)55(44(31)59)34-13-14-37(56)53-43(34)58/h2-12,21-22,24,34H,13-20,23,25H2,1H3,(H,49,57)(H,51,52,54)(H,53,56,58). The summed E-state index contributed by atoms with van der Waals surface area (Å²) in [5.41, 5.74) is 4.02. The highest BCUT2D eigenvalue weighted by molar-refractivity contribution is 6.32. The molecule has 1 atom stereocenters. The second-order valence-corrected chi connectivity index (χ2v) is 15.2. The van der Waals surface area contributed by atoms with E-state index in [2.05, 4.69) is 20.9 Å². The maximum absolute atomic E-state index is 15.3. The molecule has 3 N–H and O–H groups in total. The summed E-state index contributed by atoms with van der Waals surface area (Å²) in [7, 11) is 1.48. The Morgan fingerprint density at radius 1 is 0.862 bits per heavy atom. The number of aromatic nitrogens is 2. The number of ether oxygens (including phenoxy) is 5. The van der Waals surface area contributed by atoms with E-state index in [0.717, 1.165) is 10.5 Å². The minimum Gasteiger partial charge on any atom is -0.496 e. The van der Waals surface area contributed by atoms with Crippen LogP contribution in [0, 0.1) is 5.82 Å². The van der Waals surface area contributed by atoms with Crippen LogP contribution in [0.2, 0.25) is 5.02 Å². The van der Waals surface area contributed by atoms with Gasteiger partial charge in [0.25, 0.3) is 17.7 Å². The van der Waals surface area contributed by atoms with Crippen LogP contribution in [0.15, 0.2) is 90.1 Å². The normalized spacial score (nSPS) is 15.3. The molecule has 1 unspecified atom stereocenters. The van der Waals surface area contributed by atoms with Crippen molar-refractivity contribution in [2.45, 2.75) is 25.4 Å². The molecule has 0 aliphatic carbocycles. The molecule has 1 aromatic heterocycles. The molecule has 4 heterocycles. The van der Waals surface area contributed by atoms with Gasteiger partial charge in [0.1, 0.15) is 35.7 Å². The number of aliphatic imine (C=N–C) groups is 1. The summed E-state index contributed by atoms with van der Waals surface area (Å²) in [5.74, 6) is -2.25. The number of halogens is 2. The van der Waals surface area contributed by atoms with E-state index in [1.807, 2.05) is 24.3 Å². The first-order chi connectivity index (χ1) is 31.6. The van der Waals surface area contributed by atoms with Gasteiger partial charge in [0.15, 0.2) is 6.61 Å². The van der Waals surface area contributed by atoms with Gasteiger partial charge in [-0.1, -0.05) is 35.9 Å². The lowest BCUT2D eigenvalue weighted by Gasteiger charge is -2.27. The average molecular weight is 906 g/mol. The van der Waals surface area contributed by atoms with Crippen molar-refractivity contribution in [1.29, 1.82) is 0 Å². The number of piperidine rings is 1. The van der Waals surface area contributed by atoms with Gasteiger partial charge in [-0.2, -0.15) is 0 Å². The molecule has 0 radical (unpaired) electrons. The van der Waals surface area contributed by atoms with E-state index in [0.29, 0.717) is 50.7 Å². The molecular weight excluding hydrogens is 865 g/mol. The first-order valence-corrected chi connectivity index (χ1v) is 20.9. The molecule has 3 aliphatic rings. The van der Waals surface area contributed by atoms with Gasteiger partial charge in [-0.15, -0.1) is 0 Å². The number of amides is 5. The molecule has 1 saturated heterocycles. The van der Waals surface area contributed by atoms with Gasteiger partial charge in [0.2, 0.25) is 17.8 Å². The summed E-state index contributed by atoms with van der Waals surface area (Å²) in [6.07, 6.45) is 1.71. The number of nitrogens with zero attached hydrogens (tertiary/aromatic N) is 4. The monoisotopic (exact) mass is 905 g/mol. The van der Waals surface area contributed by atoms with Crippen molar-refractivity contribution in [3.8, 4) is 28.5 Å². The zero-order valence-corrected chi connectivity index (χ0v) is 35.6. The van der Waals surface area contributed by atoms with Crippen molar-refractivity contribution in [3.05, 3.63) is 124 Å². The number of benzene rings is 4.